The van der Waals surface area contributed by atoms with Crippen LogP contribution < -0.4 is 5.69 Å². The number of aromatic amines is 1. The zero-order valence-electron chi connectivity index (χ0n) is 18.4. The second-order valence-corrected chi connectivity index (χ2v) is 7.53. The molecule has 1 aromatic heterocycles. The van der Waals surface area contributed by atoms with E-state index < -0.39 is 0 Å². The highest BCUT2D eigenvalue weighted by Gasteiger charge is 2.08. The number of aromatic nitrogens is 2. The number of ether oxygens (including phenoxy) is 1. The first kappa shape index (κ1) is 24.9. The van der Waals surface area contributed by atoms with Crippen LogP contribution in [0, 0.1) is 0 Å². The normalized spacial score (nSPS) is 11.6. The van der Waals surface area contributed by atoms with Crippen molar-refractivity contribution in [3.8, 4) is 0 Å². The topological polar surface area (TPSA) is 72.1 Å². The van der Waals surface area contributed by atoms with Crippen molar-refractivity contribution < 1.29 is 9.53 Å². The molecule has 0 bridgehead atoms. The lowest BCUT2D eigenvalue weighted by Gasteiger charge is -2.14. The van der Waals surface area contributed by atoms with Crippen LogP contribution in [0.4, 0.5) is 0 Å². The van der Waals surface area contributed by atoms with Gasteiger partial charge in [0.2, 0.25) is 0 Å². The summed E-state index contributed by atoms with van der Waals surface area (Å²) < 4.78 is 5.23. The lowest BCUT2D eigenvalue weighted by atomic mass is 10.0. The summed E-state index contributed by atoms with van der Waals surface area (Å²) in [5.41, 5.74) is 0.524. The molecule has 1 atom stereocenters. The van der Waals surface area contributed by atoms with E-state index in [0.717, 1.165) is 23.7 Å². The zero-order chi connectivity index (χ0) is 21.3. The Kier molecular flexibility index (Phi) is 13.5. The van der Waals surface area contributed by atoms with E-state index in [2.05, 4.69) is 23.8 Å². The highest BCUT2D eigenvalue weighted by Crippen LogP contribution is 2.13. The van der Waals surface area contributed by atoms with Crippen LogP contribution in [0.2, 0.25) is 0 Å². The number of H-pyrrole nitrogens is 1. The van der Waals surface area contributed by atoms with Crippen LogP contribution in [-0.4, -0.2) is 22.0 Å². The van der Waals surface area contributed by atoms with Crippen LogP contribution in [-0.2, 0) is 9.53 Å². The molecule has 1 N–H and O–H groups in total. The number of nitrogens with one attached hydrogen (secondary N) is 1. The number of esters is 1. The number of unbranched alkanes of at least 4 members (excludes halogenated alkanes) is 8. The molecule has 2 aromatic rings. The quantitative estimate of drug-likeness (QED) is 0.340. The fraction of sp³-hybridized carbons (Fsp3) is 0.625. The summed E-state index contributed by atoms with van der Waals surface area (Å²) in [5, 5.41) is 0.951. The number of para-hydroxylation sites is 1. The van der Waals surface area contributed by atoms with E-state index >= 15 is 0 Å². The van der Waals surface area contributed by atoms with Crippen molar-refractivity contribution in [1.29, 1.82) is 0 Å². The first-order chi connectivity index (χ1) is 14.1. The monoisotopic (exact) mass is 402 g/mol. The number of nitrogens with zero attached hydrogens (tertiary/aromatic N) is 1. The molecule has 0 amide bonds. The molecule has 0 saturated carbocycles. The number of carbonyl (C=O) groups is 1. The van der Waals surface area contributed by atoms with Gasteiger partial charge in [0.05, 0.1) is 5.52 Å². The van der Waals surface area contributed by atoms with Gasteiger partial charge in [0, 0.05) is 18.5 Å². The number of benzene rings is 1. The molecule has 0 fully saturated rings. The Morgan fingerprint density at radius 1 is 1.00 bits per heavy atom. The van der Waals surface area contributed by atoms with Crippen LogP contribution in [0.1, 0.15) is 91.4 Å². The summed E-state index contributed by atoms with van der Waals surface area (Å²) in [7, 11) is 0. The fourth-order valence-corrected chi connectivity index (χ4v) is 3.26. The smallest absolute Gasteiger partial charge is 0.345 e. The van der Waals surface area contributed by atoms with Crippen molar-refractivity contribution in [1.82, 2.24) is 9.97 Å². The van der Waals surface area contributed by atoms with E-state index in [-0.39, 0.29) is 17.8 Å². The first-order valence-electron chi connectivity index (χ1n) is 11.2. The van der Waals surface area contributed by atoms with Gasteiger partial charge in [-0.3, -0.25) is 4.79 Å². The van der Waals surface area contributed by atoms with Gasteiger partial charge in [-0.25, -0.2) is 9.78 Å². The highest BCUT2D eigenvalue weighted by atomic mass is 16.5. The Morgan fingerprint density at radius 3 is 2.24 bits per heavy atom. The van der Waals surface area contributed by atoms with E-state index in [4.69, 9.17) is 4.74 Å². The third-order valence-electron chi connectivity index (χ3n) is 4.94. The molecule has 162 valence electrons. The first-order valence-corrected chi connectivity index (χ1v) is 11.2. The molecule has 0 aliphatic carbocycles. The molecule has 1 aromatic carbocycles. The Balaban J connectivity index is 0.000000321. The Morgan fingerprint density at radius 2 is 1.62 bits per heavy atom. The number of hydrogen-bond donors (Lipinski definition) is 1. The molecule has 1 heterocycles. The van der Waals surface area contributed by atoms with Crippen LogP contribution in [0.25, 0.3) is 10.9 Å². The van der Waals surface area contributed by atoms with E-state index in [1.807, 2.05) is 24.3 Å². The molecular formula is C24H38N2O3. The number of fused-ring (bicyclic) bond motifs is 1. The van der Waals surface area contributed by atoms with Gasteiger partial charge in [0.25, 0.3) is 0 Å². The summed E-state index contributed by atoms with van der Waals surface area (Å²) in [5.74, 6) is -0.141. The predicted octanol–water partition coefficient (Wildman–Crippen LogP) is 6.17. The second kappa shape index (κ2) is 15.7. The lowest BCUT2D eigenvalue weighted by molar-refractivity contribution is -0.146. The molecule has 5 heteroatoms. The molecule has 0 saturated heterocycles. The average Bonchev–Trinajstić information content (AvgIpc) is 2.71. The van der Waals surface area contributed by atoms with Crippen molar-refractivity contribution in [3.05, 3.63) is 40.9 Å². The molecule has 29 heavy (non-hydrogen) atoms. The average molecular weight is 403 g/mol. The van der Waals surface area contributed by atoms with Crippen LogP contribution in [0.15, 0.2) is 35.3 Å². The lowest BCUT2D eigenvalue weighted by Crippen LogP contribution is -2.14. The zero-order valence-corrected chi connectivity index (χ0v) is 18.4. The SMILES string of the molecule is CCCCCCCCCCCC(CC)OC(C)=O.O=c1ncc2ccccc2[nH]1. The maximum atomic E-state index is 10.9. The maximum Gasteiger partial charge on any atom is 0.345 e. The van der Waals surface area contributed by atoms with Crippen molar-refractivity contribution in [2.24, 2.45) is 0 Å². The molecule has 2 rings (SSSR count). The van der Waals surface area contributed by atoms with Gasteiger partial charge >= 0.3 is 11.7 Å². The highest BCUT2D eigenvalue weighted by molar-refractivity contribution is 5.76. The van der Waals surface area contributed by atoms with Crippen molar-refractivity contribution in [2.45, 2.75) is 97.5 Å². The third-order valence-corrected chi connectivity index (χ3v) is 4.94. The summed E-state index contributed by atoms with van der Waals surface area (Å²) in [4.78, 5) is 27.8. The molecule has 0 spiro atoms. The Bertz CT molecular complexity index is 742. The predicted molar refractivity (Wildman–Crippen MR) is 120 cm³/mol. The molecule has 5 nitrogen and oxygen atoms in total. The second-order valence-electron chi connectivity index (χ2n) is 7.53. The summed E-state index contributed by atoms with van der Waals surface area (Å²) in [6.07, 6.45) is 15.8. The Labute approximate surface area is 175 Å². The van der Waals surface area contributed by atoms with E-state index in [1.165, 1.54) is 64.7 Å². The maximum absolute atomic E-state index is 10.9. The fourth-order valence-electron chi connectivity index (χ4n) is 3.26. The van der Waals surface area contributed by atoms with E-state index in [9.17, 15) is 9.59 Å². The van der Waals surface area contributed by atoms with Gasteiger partial charge in [-0.2, -0.15) is 0 Å². The molecule has 0 aliphatic rings. The number of rotatable bonds is 12. The van der Waals surface area contributed by atoms with Crippen LogP contribution >= 0.6 is 0 Å². The van der Waals surface area contributed by atoms with Crippen molar-refractivity contribution in [2.75, 3.05) is 0 Å². The minimum Gasteiger partial charge on any atom is -0.463 e. The molecule has 0 radical (unpaired) electrons. The van der Waals surface area contributed by atoms with Gasteiger partial charge in [0.1, 0.15) is 6.10 Å². The minimum atomic E-state index is -0.302. The summed E-state index contributed by atoms with van der Waals surface area (Å²) >= 11 is 0. The standard InChI is InChI=1S/C16H32O2.C8H6N2O/c1-4-6-7-8-9-10-11-12-13-14-16(5-2)18-15(3)17;11-8-9-5-6-3-1-2-4-7(6)10-8/h16H,4-14H2,1-3H3;1-5H,(H,9,10,11). The van der Waals surface area contributed by atoms with E-state index in [0.29, 0.717) is 0 Å². The van der Waals surface area contributed by atoms with Gasteiger partial charge in [-0.15, -0.1) is 0 Å². The summed E-state index contributed by atoms with van der Waals surface area (Å²) in [6.45, 7) is 5.84. The van der Waals surface area contributed by atoms with Crippen LogP contribution in [0.5, 0.6) is 0 Å². The van der Waals surface area contributed by atoms with Crippen LogP contribution in [0.3, 0.4) is 0 Å². The van der Waals surface area contributed by atoms with Crippen molar-refractivity contribution >= 4 is 16.9 Å². The third kappa shape index (κ3) is 12.1. The van der Waals surface area contributed by atoms with Gasteiger partial charge < -0.3 is 9.72 Å². The van der Waals surface area contributed by atoms with Gasteiger partial charge in [-0.1, -0.05) is 83.4 Å². The largest absolute Gasteiger partial charge is 0.463 e. The number of carbonyl (C=O) groups excluding carboxylic acids is 1. The van der Waals surface area contributed by atoms with Gasteiger partial charge in [-0.05, 0) is 25.3 Å². The Hall–Kier alpha value is -2.17. The van der Waals surface area contributed by atoms with Gasteiger partial charge in [0.15, 0.2) is 0 Å². The molecular weight excluding hydrogens is 364 g/mol. The summed E-state index contributed by atoms with van der Waals surface area (Å²) in [6, 6.07) is 7.53. The minimum absolute atomic E-state index is 0.141. The molecule has 1 unspecified atom stereocenters. The number of hydrogen-bond acceptors (Lipinski definition) is 4. The van der Waals surface area contributed by atoms with E-state index in [1.54, 1.807) is 6.20 Å². The molecule has 0 aliphatic heterocycles. The van der Waals surface area contributed by atoms with Crippen molar-refractivity contribution in [3.63, 3.8) is 0 Å².